The number of Topliss-reactive ketones (excluding diaryl/α,β-unsaturated/α-hetero) is 2. The van der Waals surface area contributed by atoms with E-state index in [1.54, 1.807) is 19.3 Å². The van der Waals surface area contributed by atoms with Gasteiger partial charge in [-0.25, -0.2) is 4.79 Å². The standard InChI is InChI=1S/C26H28O9/c1-22(2)17-16(28)18(29)24(4)13(25(17)11-32-15(27)9-14(25)34-22)5-7-23(3)19(12-6-8-31-10-12)33-21(30)20-26(23,24)35-20/h6,8,10,13-14,17,19-20H,5,7,9,11H2,1-4H3/t13-,14-,17?,19-,20+,23-,24-,25-,26+/m0/s1. The fourth-order valence-corrected chi connectivity index (χ4v) is 9.27. The highest BCUT2D eigenvalue weighted by Crippen LogP contribution is 2.79. The van der Waals surface area contributed by atoms with E-state index in [1.807, 2.05) is 20.8 Å². The van der Waals surface area contributed by atoms with E-state index in [2.05, 4.69) is 0 Å². The lowest BCUT2D eigenvalue weighted by Gasteiger charge is -2.64. The third-order valence-electron chi connectivity index (χ3n) is 10.5. The van der Waals surface area contributed by atoms with Crippen LogP contribution in [0.2, 0.25) is 0 Å². The topological polar surface area (TPSA) is 122 Å². The van der Waals surface area contributed by atoms with Gasteiger partial charge in [-0.2, -0.15) is 0 Å². The molecule has 0 N–H and O–H groups in total. The quantitative estimate of drug-likeness (QED) is 0.336. The molecule has 35 heavy (non-hydrogen) atoms. The van der Waals surface area contributed by atoms with Crippen LogP contribution in [0.25, 0.3) is 0 Å². The number of cyclic esters (lactones) is 2. The van der Waals surface area contributed by atoms with Gasteiger partial charge in [0, 0.05) is 16.4 Å². The Morgan fingerprint density at radius 2 is 1.77 bits per heavy atom. The maximum Gasteiger partial charge on any atom is 0.339 e. The number of carbonyl (C=O) groups excluding carboxylic acids is 4. The van der Waals surface area contributed by atoms with E-state index in [0.717, 1.165) is 0 Å². The van der Waals surface area contributed by atoms with Crippen molar-refractivity contribution in [2.45, 2.75) is 76.5 Å². The lowest BCUT2D eigenvalue weighted by molar-refractivity contribution is -0.224. The Kier molecular flexibility index (Phi) is 3.76. The molecule has 6 aliphatic rings. The Bertz CT molecular complexity index is 1200. The van der Waals surface area contributed by atoms with Crippen LogP contribution in [0.4, 0.5) is 0 Å². The number of esters is 2. The van der Waals surface area contributed by atoms with Gasteiger partial charge in [0.1, 0.15) is 18.3 Å². The Hall–Kier alpha value is -2.52. The molecule has 2 aliphatic carbocycles. The van der Waals surface area contributed by atoms with E-state index in [0.29, 0.717) is 18.4 Å². The molecule has 2 saturated carbocycles. The molecule has 4 aliphatic heterocycles. The van der Waals surface area contributed by atoms with E-state index >= 15 is 0 Å². The molecule has 4 saturated heterocycles. The number of epoxide rings is 1. The zero-order valence-electron chi connectivity index (χ0n) is 20.1. The summed E-state index contributed by atoms with van der Waals surface area (Å²) in [4.78, 5) is 53.6. The van der Waals surface area contributed by atoms with E-state index < -0.39 is 69.2 Å². The van der Waals surface area contributed by atoms with Gasteiger partial charge in [-0.05, 0) is 45.6 Å². The summed E-state index contributed by atoms with van der Waals surface area (Å²) in [5.74, 6) is -3.08. The van der Waals surface area contributed by atoms with Gasteiger partial charge in [-0.1, -0.05) is 6.92 Å². The summed E-state index contributed by atoms with van der Waals surface area (Å²) in [6, 6.07) is 1.75. The number of furan rings is 1. The average molecular weight is 485 g/mol. The highest BCUT2D eigenvalue weighted by Gasteiger charge is 2.91. The minimum Gasteiger partial charge on any atom is -0.472 e. The van der Waals surface area contributed by atoms with Crippen molar-refractivity contribution in [3.8, 4) is 0 Å². The molecule has 1 unspecified atom stereocenters. The number of hydrogen-bond donors (Lipinski definition) is 0. The van der Waals surface area contributed by atoms with Crippen molar-refractivity contribution in [1.82, 2.24) is 0 Å². The zero-order chi connectivity index (χ0) is 24.8. The second-order valence-electron chi connectivity index (χ2n) is 12.1. The predicted octanol–water partition coefficient (Wildman–Crippen LogP) is 2.32. The lowest BCUT2D eigenvalue weighted by Crippen LogP contribution is -2.75. The minimum atomic E-state index is -1.31. The van der Waals surface area contributed by atoms with E-state index in [4.69, 9.17) is 23.4 Å². The molecule has 2 spiro atoms. The van der Waals surface area contributed by atoms with Gasteiger partial charge >= 0.3 is 11.9 Å². The summed E-state index contributed by atoms with van der Waals surface area (Å²) in [6.07, 6.45) is 2.08. The second-order valence-corrected chi connectivity index (χ2v) is 12.1. The van der Waals surface area contributed by atoms with Crippen LogP contribution in [0.15, 0.2) is 23.0 Å². The van der Waals surface area contributed by atoms with Crippen LogP contribution in [0.3, 0.4) is 0 Å². The molecular formula is C26H28O9. The summed E-state index contributed by atoms with van der Waals surface area (Å²) < 4.78 is 29.4. The van der Waals surface area contributed by atoms with E-state index in [9.17, 15) is 19.2 Å². The first-order valence-electron chi connectivity index (χ1n) is 12.3. The van der Waals surface area contributed by atoms with Gasteiger partial charge < -0.3 is 23.4 Å². The fourth-order valence-electron chi connectivity index (χ4n) is 9.27. The number of ketones is 2. The van der Waals surface area contributed by atoms with Crippen LogP contribution in [-0.2, 0) is 38.1 Å². The normalized spacial score (nSPS) is 51.3. The van der Waals surface area contributed by atoms with Crippen molar-refractivity contribution >= 4 is 23.5 Å². The van der Waals surface area contributed by atoms with Crippen molar-refractivity contribution in [2.75, 3.05) is 6.61 Å². The number of rotatable bonds is 1. The smallest absolute Gasteiger partial charge is 0.339 e. The van der Waals surface area contributed by atoms with Crippen molar-refractivity contribution in [2.24, 2.45) is 28.1 Å². The Morgan fingerprint density at radius 3 is 2.49 bits per heavy atom. The summed E-state index contributed by atoms with van der Waals surface area (Å²) in [5, 5.41) is 0. The zero-order valence-corrected chi connectivity index (χ0v) is 20.1. The average Bonchev–Trinajstić information content (AvgIpc) is 3.26. The molecule has 5 heterocycles. The van der Waals surface area contributed by atoms with Crippen LogP contribution in [0.5, 0.6) is 0 Å². The molecule has 1 aromatic heterocycles. The molecule has 0 radical (unpaired) electrons. The van der Waals surface area contributed by atoms with Gasteiger partial charge in [0.2, 0.25) is 11.6 Å². The van der Waals surface area contributed by atoms with Crippen molar-refractivity contribution < 1.29 is 42.5 Å². The first-order chi connectivity index (χ1) is 16.4. The molecule has 1 aromatic rings. The highest BCUT2D eigenvalue weighted by molar-refractivity contribution is 6.41. The van der Waals surface area contributed by atoms with Gasteiger partial charge in [-0.3, -0.25) is 14.4 Å². The van der Waals surface area contributed by atoms with Gasteiger partial charge in [-0.15, -0.1) is 0 Å². The molecule has 0 bridgehead atoms. The van der Waals surface area contributed by atoms with Crippen LogP contribution in [-0.4, -0.2) is 53.5 Å². The first kappa shape index (κ1) is 21.7. The van der Waals surface area contributed by atoms with Crippen LogP contribution < -0.4 is 0 Å². The third-order valence-corrected chi connectivity index (χ3v) is 10.5. The minimum absolute atomic E-state index is 0.0109. The molecule has 9 nitrogen and oxygen atoms in total. The number of carbonyl (C=O) groups is 4. The van der Waals surface area contributed by atoms with E-state index in [-0.39, 0.29) is 24.9 Å². The number of hydrogen-bond acceptors (Lipinski definition) is 9. The summed E-state index contributed by atoms with van der Waals surface area (Å²) in [6.45, 7) is 7.39. The molecule has 186 valence electrons. The Balaban J connectivity index is 1.44. The predicted molar refractivity (Wildman–Crippen MR) is 115 cm³/mol. The second kappa shape index (κ2) is 6.06. The van der Waals surface area contributed by atoms with Crippen molar-refractivity contribution in [3.63, 3.8) is 0 Å². The van der Waals surface area contributed by atoms with Crippen molar-refractivity contribution in [3.05, 3.63) is 24.2 Å². The summed E-state index contributed by atoms with van der Waals surface area (Å²) in [7, 11) is 0. The van der Waals surface area contributed by atoms with Crippen LogP contribution >= 0.6 is 0 Å². The molecule has 7 rings (SSSR count). The summed E-state index contributed by atoms with van der Waals surface area (Å²) in [5.41, 5.74) is -4.40. The van der Waals surface area contributed by atoms with E-state index in [1.165, 1.54) is 6.26 Å². The Labute approximate surface area is 201 Å². The van der Waals surface area contributed by atoms with Crippen LogP contribution in [0.1, 0.15) is 58.6 Å². The fraction of sp³-hybridized carbons (Fsp3) is 0.692. The SMILES string of the molecule is CC1(C)O[C@H]2CC(=O)OC[C@@]23C1C(=O)C(=O)[C@]1(C)[C@@H]3CC[C@@]2(C)[C@H](c3ccoc3)OC(=O)[C@H]3O[C@]321. The van der Waals surface area contributed by atoms with Crippen LogP contribution in [0, 0.1) is 28.1 Å². The maximum absolute atomic E-state index is 14.2. The third kappa shape index (κ3) is 2.09. The first-order valence-corrected chi connectivity index (χ1v) is 12.3. The van der Waals surface area contributed by atoms with Crippen molar-refractivity contribution in [1.29, 1.82) is 0 Å². The number of fused-ring (bicyclic) bond motifs is 1. The lowest BCUT2D eigenvalue weighted by atomic mass is 9.37. The maximum atomic E-state index is 14.2. The monoisotopic (exact) mass is 484 g/mol. The van der Waals surface area contributed by atoms with Gasteiger partial charge in [0.05, 0.1) is 42.0 Å². The largest absolute Gasteiger partial charge is 0.472 e. The molecule has 6 fully saturated rings. The Morgan fingerprint density at radius 1 is 1.00 bits per heavy atom. The molecule has 9 heteroatoms. The van der Waals surface area contributed by atoms with Gasteiger partial charge in [0.15, 0.2) is 6.10 Å². The highest BCUT2D eigenvalue weighted by atomic mass is 16.7. The number of ether oxygens (including phenoxy) is 4. The molecular weight excluding hydrogens is 456 g/mol. The summed E-state index contributed by atoms with van der Waals surface area (Å²) >= 11 is 0. The van der Waals surface area contributed by atoms with Gasteiger partial charge in [0.25, 0.3) is 0 Å². The molecule has 0 aromatic carbocycles. The molecule has 0 amide bonds. The molecule has 9 atom stereocenters.